The van der Waals surface area contributed by atoms with Gasteiger partial charge in [-0.05, 0) is 42.7 Å². The van der Waals surface area contributed by atoms with Crippen LogP contribution in [0.4, 0.5) is 0 Å². The molecule has 1 N–H and O–H groups in total. The van der Waals surface area contributed by atoms with Crippen LogP contribution in [0.5, 0.6) is 0 Å². The first-order chi connectivity index (χ1) is 13.5. The molecular weight excluding hydrogens is 394 g/mol. The average Bonchev–Trinajstić information content (AvgIpc) is 2.72. The molecule has 2 aromatic carbocycles. The zero-order chi connectivity index (χ0) is 19.9. The summed E-state index contributed by atoms with van der Waals surface area (Å²) in [7, 11) is 0. The summed E-state index contributed by atoms with van der Waals surface area (Å²) in [5.74, 6) is -0.967. The first-order valence-electron chi connectivity index (χ1n) is 9.19. The van der Waals surface area contributed by atoms with Gasteiger partial charge in [0.1, 0.15) is 0 Å². The second-order valence-corrected chi connectivity index (χ2v) is 8.18. The Morgan fingerprint density at radius 1 is 1.14 bits per heavy atom. The third-order valence-corrected chi connectivity index (χ3v) is 6.11. The van der Waals surface area contributed by atoms with Gasteiger partial charge in [0.2, 0.25) is 0 Å². The zero-order valence-electron chi connectivity index (χ0n) is 15.4. The lowest BCUT2D eigenvalue weighted by Gasteiger charge is -2.31. The summed E-state index contributed by atoms with van der Waals surface area (Å²) >= 11 is 7.86. The predicted molar refractivity (Wildman–Crippen MR) is 114 cm³/mol. The fourth-order valence-electron chi connectivity index (χ4n) is 3.19. The lowest BCUT2D eigenvalue weighted by molar-refractivity contribution is -0.145. The van der Waals surface area contributed by atoms with Crippen LogP contribution in [0.15, 0.2) is 65.1 Å². The van der Waals surface area contributed by atoms with Crippen molar-refractivity contribution in [2.45, 2.75) is 17.7 Å². The summed E-state index contributed by atoms with van der Waals surface area (Å²) in [5, 5.41) is 9.91. The molecule has 1 amide bonds. The lowest BCUT2D eigenvalue weighted by atomic mass is 9.97. The van der Waals surface area contributed by atoms with Crippen LogP contribution in [0.25, 0.3) is 6.08 Å². The summed E-state index contributed by atoms with van der Waals surface area (Å²) in [5.41, 5.74) is 1.40. The predicted octanol–water partition coefficient (Wildman–Crippen LogP) is 4.84. The number of benzene rings is 2. The highest BCUT2D eigenvalue weighted by Gasteiger charge is 2.29. The molecule has 1 atom stereocenters. The minimum Gasteiger partial charge on any atom is -0.481 e. The lowest BCUT2D eigenvalue weighted by Crippen LogP contribution is -2.43. The van der Waals surface area contributed by atoms with E-state index < -0.39 is 11.9 Å². The van der Waals surface area contributed by atoms with Crippen molar-refractivity contribution in [3.8, 4) is 0 Å². The van der Waals surface area contributed by atoms with E-state index >= 15 is 0 Å². The number of piperidine rings is 1. The summed E-state index contributed by atoms with van der Waals surface area (Å²) in [6.45, 7) is 0.836. The number of likely N-dealkylation sites (tertiary alicyclic amines) is 1. The van der Waals surface area contributed by atoms with Crippen molar-refractivity contribution in [1.82, 2.24) is 4.90 Å². The Morgan fingerprint density at radius 3 is 2.57 bits per heavy atom. The van der Waals surface area contributed by atoms with Gasteiger partial charge in [-0.3, -0.25) is 9.59 Å². The van der Waals surface area contributed by atoms with Crippen LogP contribution in [0.1, 0.15) is 18.4 Å². The first-order valence-corrected chi connectivity index (χ1v) is 10.6. The van der Waals surface area contributed by atoms with E-state index in [2.05, 4.69) is 0 Å². The number of nitrogens with zero attached hydrogens (tertiary/aromatic N) is 1. The Balaban J connectivity index is 1.83. The smallest absolute Gasteiger partial charge is 0.308 e. The maximum absolute atomic E-state index is 13.2. The molecule has 0 spiro atoms. The molecule has 4 nitrogen and oxygen atoms in total. The quantitative estimate of drug-likeness (QED) is 0.541. The summed E-state index contributed by atoms with van der Waals surface area (Å²) in [6, 6.07) is 17.3. The van der Waals surface area contributed by atoms with Crippen LogP contribution in [-0.2, 0) is 9.59 Å². The van der Waals surface area contributed by atoms with Crippen molar-refractivity contribution in [3.63, 3.8) is 0 Å². The molecule has 28 heavy (non-hydrogen) atoms. The molecule has 2 aromatic rings. The van der Waals surface area contributed by atoms with Crippen LogP contribution in [0.3, 0.4) is 0 Å². The van der Waals surface area contributed by atoms with E-state index in [-0.39, 0.29) is 12.5 Å². The Kier molecular flexibility index (Phi) is 7.18. The number of hydrogen-bond donors (Lipinski definition) is 1. The Hall–Kier alpha value is -2.24. The SMILES string of the molecule is O=C(O)[C@H]1CCCN(C(=O)/C(=C/c2ccccc2Cl)CSc2ccccc2)C1. The molecule has 146 valence electrons. The Bertz CT molecular complexity index is 869. The number of amides is 1. The maximum Gasteiger partial charge on any atom is 0.308 e. The molecule has 0 saturated carbocycles. The van der Waals surface area contributed by atoms with E-state index in [1.165, 1.54) is 0 Å². The van der Waals surface area contributed by atoms with Crippen LogP contribution in [0, 0.1) is 5.92 Å². The van der Waals surface area contributed by atoms with E-state index in [9.17, 15) is 14.7 Å². The molecule has 0 radical (unpaired) electrons. The van der Waals surface area contributed by atoms with Crippen LogP contribution < -0.4 is 0 Å². The standard InChI is InChI=1S/C22H22ClNO3S/c23-20-11-5-4-7-16(20)13-18(15-28-19-9-2-1-3-10-19)21(25)24-12-6-8-17(14-24)22(26)27/h1-5,7,9-11,13,17H,6,8,12,14-15H2,(H,26,27)/b18-13+/t17-/m0/s1. The van der Waals surface area contributed by atoms with E-state index in [1.54, 1.807) is 22.7 Å². The maximum atomic E-state index is 13.2. The van der Waals surface area contributed by atoms with Crippen molar-refractivity contribution in [2.75, 3.05) is 18.8 Å². The molecule has 1 heterocycles. The van der Waals surface area contributed by atoms with E-state index in [0.717, 1.165) is 10.5 Å². The van der Waals surface area contributed by atoms with Crippen molar-refractivity contribution >= 4 is 41.3 Å². The van der Waals surface area contributed by atoms with Crippen molar-refractivity contribution in [1.29, 1.82) is 0 Å². The summed E-state index contributed by atoms with van der Waals surface area (Å²) in [4.78, 5) is 27.3. The van der Waals surface area contributed by atoms with Gasteiger partial charge in [-0.1, -0.05) is 48.0 Å². The minimum atomic E-state index is -0.840. The molecule has 6 heteroatoms. The number of carbonyl (C=O) groups excluding carboxylic acids is 1. The van der Waals surface area contributed by atoms with Gasteiger partial charge < -0.3 is 10.0 Å². The third kappa shape index (κ3) is 5.40. The number of carbonyl (C=O) groups is 2. The van der Waals surface area contributed by atoms with E-state index in [1.807, 2.05) is 54.6 Å². The molecule has 0 bridgehead atoms. The largest absolute Gasteiger partial charge is 0.481 e. The second-order valence-electron chi connectivity index (χ2n) is 6.72. The molecule has 1 aliphatic heterocycles. The molecule has 1 aliphatic rings. The monoisotopic (exact) mass is 415 g/mol. The van der Waals surface area contributed by atoms with Crippen molar-refractivity contribution in [2.24, 2.45) is 5.92 Å². The fraction of sp³-hybridized carbons (Fsp3) is 0.273. The Labute approximate surface area is 174 Å². The molecule has 0 aromatic heterocycles. The van der Waals surface area contributed by atoms with Crippen LogP contribution >= 0.6 is 23.4 Å². The minimum absolute atomic E-state index is 0.116. The fourth-order valence-corrected chi connectivity index (χ4v) is 4.26. The summed E-state index contributed by atoms with van der Waals surface area (Å²) < 4.78 is 0. The van der Waals surface area contributed by atoms with Gasteiger partial charge in [0.05, 0.1) is 5.92 Å². The number of carboxylic acids is 1. The number of hydrogen-bond acceptors (Lipinski definition) is 3. The Morgan fingerprint density at radius 2 is 1.86 bits per heavy atom. The molecule has 1 saturated heterocycles. The zero-order valence-corrected chi connectivity index (χ0v) is 17.0. The molecule has 1 fully saturated rings. The number of carboxylic acid groups (broad SMARTS) is 1. The highest BCUT2D eigenvalue weighted by molar-refractivity contribution is 7.99. The first kappa shape index (κ1) is 20.5. The number of halogens is 1. The van der Waals surface area contributed by atoms with Crippen LogP contribution in [-0.4, -0.2) is 40.7 Å². The third-order valence-electron chi connectivity index (χ3n) is 4.71. The van der Waals surface area contributed by atoms with Gasteiger partial charge in [0.15, 0.2) is 0 Å². The second kappa shape index (κ2) is 9.80. The van der Waals surface area contributed by atoms with Gasteiger partial charge in [-0.2, -0.15) is 0 Å². The van der Waals surface area contributed by atoms with Gasteiger partial charge in [-0.25, -0.2) is 0 Å². The van der Waals surface area contributed by atoms with Gasteiger partial charge in [0, 0.05) is 34.3 Å². The van der Waals surface area contributed by atoms with Gasteiger partial charge in [0.25, 0.3) is 5.91 Å². The van der Waals surface area contributed by atoms with Gasteiger partial charge >= 0.3 is 5.97 Å². The van der Waals surface area contributed by atoms with E-state index in [4.69, 9.17) is 11.6 Å². The highest BCUT2D eigenvalue weighted by atomic mass is 35.5. The average molecular weight is 416 g/mol. The highest BCUT2D eigenvalue weighted by Crippen LogP contribution is 2.26. The summed E-state index contributed by atoms with van der Waals surface area (Å²) in [6.07, 6.45) is 3.14. The number of thioether (sulfide) groups is 1. The van der Waals surface area contributed by atoms with Gasteiger partial charge in [-0.15, -0.1) is 11.8 Å². The number of aliphatic carboxylic acids is 1. The molecule has 0 aliphatic carbocycles. The molecular formula is C22H22ClNO3S. The van der Waals surface area contributed by atoms with E-state index in [0.29, 0.717) is 35.7 Å². The molecule has 0 unspecified atom stereocenters. The van der Waals surface area contributed by atoms with Crippen molar-refractivity contribution < 1.29 is 14.7 Å². The normalized spacial score (nSPS) is 17.4. The number of rotatable bonds is 6. The molecule has 3 rings (SSSR count). The van der Waals surface area contributed by atoms with Crippen molar-refractivity contribution in [3.05, 3.63) is 70.8 Å². The van der Waals surface area contributed by atoms with Crippen LogP contribution in [0.2, 0.25) is 5.02 Å². The topological polar surface area (TPSA) is 57.6 Å².